The summed E-state index contributed by atoms with van der Waals surface area (Å²) >= 11 is 9.22. The van der Waals surface area contributed by atoms with Crippen molar-refractivity contribution < 1.29 is 13.2 Å². The maximum absolute atomic E-state index is 12.9. The topological polar surface area (TPSA) is 12.0 Å². The van der Waals surface area contributed by atoms with Gasteiger partial charge in [0.2, 0.25) is 0 Å². The highest BCUT2D eigenvalue weighted by Gasteiger charge is 2.32. The molecule has 0 bridgehead atoms. The molecule has 112 valence electrons. The number of benzene rings is 2. The van der Waals surface area contributed by atoms with Crippen LogP contribution >= 0.6 is 27.5 Å². The quantitative estimate of drug-likeness (QED) is 0.750. The molecule has 0 atom stereocenters. The lowest BCUT2D eigenvalue weighted by atomic mass is 10.1. The highest BCUT2D eigenvalue weighted by atomic mass is 79.9. The number of halogens is 5. The van der Waals surface area contributed by atoms with Crippen LogP contribution in [-0.4, -0.2) is 0 Å². The Morgan fingerprint density at radius 2 is 1.67 bits per heavy atom. The van der Waals surface area contributed by atoms with Gasteiger partial charge in [-0.15, -0.1) is 0 Å². The molecule has 2 rings (SSSR count). The van der Waals surface area contributed by atoms with Gasteiger partial charge < -0.3 is 5.32 Å². The summed E-state index contributed by atoms with van der Waals surface area (Å²) in [7, 11) is 0. The zero-order valence-electron chi connectivity index (χ0n) is 10.8. The maximum Gasteiger partial charge on any atom is 0.416 e. The first-order valence-electron chi connectivity index (χ1n) is 6.17. The van der Waals surface area contributed by atoms with Crippen molar-refractivity contribution >= 4 is 27.5 Å². The largest absolute Gasteiger partial charge is 0.416 e. The summed E-state index contributed by atoms with van der Waals surface area (Å²) in [6.07, 6.45) is -4.33. The van der Waals surface area contributed by atoms with Crippen LogP contribution in [0.25, 0.3) is 0 Å². The fraction of sp³-hybridized carbons (Fsp3) is 0.200. The van der Waals surface area contributed by atoms with E-state index in [1.54, 1.807) is 18.2 Å². The molecule has 0 heterocycles. The molecule has 0 spiro atoms. The van der Waals surface area contributed by atoms with Crippen LogP contribution in [-0.2, 0) is 19.3 Å². The van der Waals surface area contributed by atoms with Gasteiger partial charge in [-0.05, 0) is 29.3 Å². The maximum atomic E-state index is 12.9. The van der Waals surface area contributed by atoms with Crippen LogP contribution in [0.15, 0.2) is 46.9 Å². The van der Waals surface area contributed by atoms with E-state index in [0.717, 1.165) is 16.1 Å². The Bertz CT molecular complexity index is 629. The molecule has 0 amide bonds. The van der Waals surface area contributed by atoms with Gasteiger partial charge in [-0.25, -0.2) is 0 Å². The van der Waals surface area contributed by atoms with Gasteiger partial charge in [0.1, 0.15) is 0 Å². The van der Waals surface area contributed by atoms with Gasteiger partial charge in [0, 0.05) is 22.6 Å². The monoisotopic (exact) mass is 377 g/mol. The minimum absolute atomic E-state index is 0.144. The van der Waals surface area contributed by atoms with Crippen LogP contribution in [0.4, 0.5) is 13.2 Å². The Labute approximate surface area is 134 Å². The Morgan fingerprint density at radius 1 is 1.00 bits per heavy atom. The van der Waals surface area contributed by atoms with E-state index in [1.807, 2.05) is 6.07 Å². The fourth-order valence-corrected chi connectivity index (χ4v) is 2.77. The van der Waals surface area contributed by atoms with Gasteiger partial charge in [0.15, 0.2) is 0 Å². The Morgan fingerprint density at radius 3 is 2.33 bits per heavy atom. The SMILES string of the molecule is FC(F)(F)c1ccccc1CNCc1ccc(Cl)cc1Br. The van der Waals surface area contributed by atoms with Crippen LogP contribution in [0.5, 0.6) is 0 Å². The lowest BCUT2D eigenvalue weighted by molar-refractivity contribution is -0.138. The van der Waals surface area contributed by atoms with Crippen molar-refractivity contribution in [1.82, 2.24) is 5.32 Å². The molecule has 0 aromatic heterocycles. The van der Waals surface area contributed by atoms with Crippen molar-refractivity contribution in [3.05, 3.63) is 68.7 Å². The summed E-state index contributed by atoms with van der Waals surface area (Å²) in [5.74, 6) is 0. The van der Waals surface area contributed by atoms with Crippen LogP contribution in [0, 0.1) is 0 Å². The van der Waals surface area contributed by atoms with Gasteiger partial charge >= 0.3 is 6.18 Å². The molecule has 0 fully saturated rings. The van der Waals surface area contributed by atoms with Crippen LogP contribution in [0.3, 0.4) is 0 Å². The third-order valence-corrected chi connectivity index (χ3v) is 3.94. The molecule has 0 unspecified atom stereocenters. The van der Waals surface area contributed by atoms with Gasteiger partial charge in [-0.2, -0.15) is 13.2 Å². The number of hydrogen-bond acceptors (Lipinski definition) is 1. The molecule has 0 aliphatic heterocycles. The van der Waals surface area contributed by atoms with Crippen LogP contribution < -0.4 is 5.32 Å². The van der Waals surface area contributed by atoms with E-state index in [-0.39, 0.29) is 12.1 Å². The third-order valence-electron chi connectivity index (χ3n) is 2.97. The van der Waals surface area contributed by atoms with Crippen molar-refractivity contribution in [2.24, 2.45) is 0 Å². The molecule has 0 saturated carbocycles. The van der Waals surface area contributed by atoms with Gasteiger partial charge in [0.25, 0.3) is 0 Å². The molecule has 2 aromatic rings. The van der Waals surface area contributed by atoms with Gasteiger partial charge in [0.05, 0.1) is 5.56 Å². The molecule has 0 radical (unpaired) electrons. The molecule has 0 aliphatic carbocycles. The van der Waals surface area contributed by atoms with E-state index in [2.05, 4.69) is 21.2 Å². The zero-order valence-corrected chi connectivity index (χ0v) is 13.2. The molecule has 0 aliphatic rings. The summed E-state index contributed by atoms with van der Waals surface area (Å²) in [5, 5.41) is 3.62. The van der Waals surface area contributed by atoms with E-state index in [0.29, 0.717) is 11.6 Å². The minimum Gasteiger partial charge on any atom is -0.309 e. The lowest BCUT2D eigenvalue weighted by Crippen LogP contribution is -2.17. The number of hydrogen-bond donors (Lipinski definition) is 1. The van der Waals surface area contributed by atoms with E-state index < -0.39 is 11.7 Å². The molecule has 1 N–H and O–H groups in total. The van der Waals surface area contributed by atoms with Gasteiger partial charge in [-0.3, -0.25) is 0 Å². The highest BCUT2D eigenvalue weighted by Crippen LogP contribution is 2.31. The van der Waals surface area contributed by atoms with Crippen LogP contribution in [0.2, 0.25) is 5.02 Å². The standard InChI is InChI=1S/C15H12BrClF3N/c16-14-7-12(17)6-5-11(14)9-21-8-10-3-1-2-4-13(10)15(18,19)20/h1-7,21H,8-9H2. The molecular weight excluding hydrogens is 367 g/mol. The van der Waals surface area contributed by atoms with E-state index >= 15 is 0 Å². The second kappa shape index (κ2) is 6.81. The van der Waals surface area contributed by atoms with E-state index in [9.17, 15) is 13.2 Å². The molecule has 21 heavy (non-hydrogen) atoms. The molecule has 1 nitrogen and oxygen atoms in total. The fourth-order valence-electron chi connectivity index (χ4n) is 1.95. The Balaban J connectivity index is 2.04. The molecular formula is C15H12BrClF3N. The highest BCUT2D eigenvalue weighted by molar-refractivity contribution is 9.10. The smallest absolute Gasteiger partial charge is 0.309 e. The molecule has 2 aromatic carbocycles. The third kappa shape index (κ3) is 4.46. The van der Waals surface area contributed by atoms with Crippen molar-refractivity contribution in [3.8, 4) is 0 Å². The van der Waals surface area contributed by atoms with Crippen molar-refractivity contribution in [2.45, 2.75) is 19.3 Å². The van der Waals surface area contributed by atoms with E-state index in [1.165, 1.54) is 12.1 Å². The van der Waals surface area contributed by atoms with E-state index in [4.69, 9.17) is 11.6 Å². The molecule has 0 saturated heterocycles. The predicted molar refractivity (Wildman–Crippen MR) is 81.1 cm³/mol. The first-order chi connectivity index (χ1) is 9.88. The lowest BCUT2D eigenvalue weighted by Gasteiger charge is -2.13. The summed E-state index contributed by atoms with van der Waals surface area (Å²) in [4.78, 5) is 0. The minimum atomic E-state index is -4.33. The first kappa shape index (κ1) is 16.3. The van der Waals surface area contributed by atoms with Gasteiger partial charge in [-0.1, -0.05) is 51.8 Å². The summed E-state index contributed by atoms with van der Waals surface area (Å²) in [6.45, 7) is 0.592. The van der Waals surface area contributed by atoms with Crippen molar-refractivity contribution in [1.29, 1.82) is 0 Å². The number of rotatable bonds is 4. The Hall–Kier alpha value is -1.04. The summed E-state index contributed by atoms with van der Waals surface area (Å²) < 4.78 is 39.4. The number of alkyl halides is 3. The average molecular weight is 379 g/mol. The normalized spacial score (nSPS) is 11.7. The van der Waals surface area contributed by atoms with Crippen molar-refractivity contribution in [3.63, 3.8) is 0 Å². The second-order valence-corrected chi connectivity index (χ2v) is 5.78. The first-order valence-corrected chi connectivity index (χ1v) is 7.35. The average Bonchev–Trinajstić information content (AvgIpc) is 2.41. The predicted octanol–water partition coefficient (Wildman–Crippen LogP) is 5.41. The summed E-state index contributed by atoms with van der Waals surface area (Å²) in [5.41, 5.74) is 0.562. The number of nitrogens with one attached hydrogen (secondary N) is 1. The zero-order chi connectivity index (χ0) is 15.5. The van der Waals surface area contributed by atoms with Crippen LogP contribution in [0.1, 0.15) is 16.7 Å². The second-order valence-electron chi connectivity index (χ2n) is 4.49. The molecule has 6 heteroatoms. The summed E-state index contributed by atoms with van der Waals surface area (Å²) in [6, 6.07) is 10.9. The Kier molecular flexibility index (Phi) is 5.30. The van der Waals surface area contributed by atoms with Crippen molar-refractivity contribution in [2.75, 3.05) is 0 Å².